The van der Waals surface area contributed by atoms with Crippen LogP contribution in [0.5, 0.6) is 0 Å². The van der Waals surface area contributed by atoms with Crippen molar-refractivity contribution in [1.82, 2.24) is 15.0 Å². The molecular formula is C15H14N4. The van der Waals surface area contributed by atoms with E-state index in [0.29, 0.717) is 5.82 Å². The van der Waals surface area contributed by atoms with Gasteiger partial charge in [0.2, 0.25) is 0 Å². The lowest BCUT2D eigenvalue weighted by Gasteiger charge is -2.03. The first-order valence-corrected chi connectivity index (χ1v) is 6.07. The monoisotopic (exact) mass is 250 g/mol. The van der Waals surface area contributed by atoms with E-state index < -0.39 is 0 Å². The number of aromatic nitrogens is 3. The summed E-state index contributed by atoms with van der Waals surface area (Å²) < 4.78 is 1.57. The second kappa shape index (κ2) is 4.57. The van der Waals surface area contributed by atoms with Crippen LogP contribution in [0.4, 0.5) is 5.82 Å². The Hall–Kier alpha value is -2.62. The number of nitrogens with zero attached hydrogens (tertiary/aromatic N) is 3. The lowest BCUT2D eigenvalue weighted by Crippen LogP contribution is -1.97. The molecule has 0 saturated carbocycles. The molecule has 0 fully saturated rings. The van der Waals surface area contributed by atoms with Crippen LogP contribution in [0.25, 0.3) is 22.4 Å². The van der Waals surface area contributed by atoms with Gasteiger partial charge in [0, 0.05) is 12.6 Å². The van der Waals surface area contributed by atoms with E-state index in [9.17, 15) is 0 Å². The molecule has 94 valence electrons. The fourth-order valence-corrected chi connectivity index (χ4v) is 2.02. The first-order valence-electron chi connectivity index (χ1n) is 6.07. The maximum absolute atomic E-state index is 5.92. The molecule has 0 amide bonds. The Bertz CT molecular complexity index is 684. The van der Waals surface area contributed by atoms with Crippen LogP contribution in [-0.4, -0.2) is 15.0 Å². The molecule has 0 aliphatic rings. The number of hydrogen-bond donors (Lipinski definition) is 1. The van der Waals surface area contributed by atoms with E-state index in [1.54, 1.807) is 11.7 Å². The number of rotatable bonds is 2. The maximum atomic E-state index is 5.92. The summed E-state index contributed by atoms with van der Waals surface area (Å²) >= 11 is 0. The van der Waals surface area contributed by atoms with Gasteiger partial charge in [-0.25, -0.2) is 4.68 Å². The normalized spacial score (nSPS) is 10.6. The van der Waals surface area contributed by atoms with Gasteiger partial charge in [-0.15, -0.1) is 5.10 Å². The zero-order valence-corrected chi connectivity index (χ0v) is 10.6. The van der Waals surface area contributed by atoms with Gasteiger partial charge < -0.3 is 5.73 Å². The first kappa shape index (κ1) is 11.5. The van der Waals surface area contributed by atoms with Crippen molar-refractivity contribution < 1.29 is 0 Å². The molecule has 19 heavy (non-hydrogen) atoms. The molecule has 0 radical (unpaired) electrons. The number of nitrogens with two attached hydrogens (primary N) is 1. The number of aryl methyl sites for hydroxylation is 1. The predicted molar refractivity (Wildman–Crippen MR) is 76.3 cm³/mol. The van der Waals surface area contributed by atoms with E-state index in [1.807, 2.05) is 30.3 Å². The summed E-state index contributed by atoms with van der Waals surface area (Å²) in [6.45, 7) is 0. The second-order valence-electron chi connectivity index (χ2n) is 4.39. The summed E-state index contributed by atoms with van der Waals surface area (Å²) in [7, 11) is 1.78. The largest absolute Gasteiger partial charge is 0.382 e. The van der Waals surface area contributed by atoms with Crippen LogP contribution >= 0.6 is 0 Å². The summed E-state index contributed by atoms with van der Waals surface area (Å²) in [5.41, 5.74) is 9.99. The van der Waals surface area contributed by atoms with Crippen LogP contribution in [0, 0.1) is 0 Å². The van der Waals surface area contributed by atoms with Gasteiger partial charge in [-0.3, -0.25) is 0 Å². The SMILES string of the molecule is Cn1nnc(-c2ccc(-c3ccccc3)cc2)c1N. The fraction of sp³-hybridized carbons (Fsp3) is 0.0667. The Morgan fingerprint density at radius 2 is 1.42 bits per heavy atom. The molecule has 0 saturated heterocycles. The zero-order valence-electron chi connectivity index (χ0n) is 10.6. The minimum absolute atomic E-state index is 0.576. The van der Waals surface area contributed by atoms with Gasteiger partial charge in [-0.05, 0) is 11.1 Å². The minimum Gasteiger partial charge on any atom is -0.382 e. The van der Waals surface area contributed by atoms with Gasteiger partial charge in [0.25, 0.3) is 0 Å². The van der Waals surface area contributed by atoms with Crippen molar-refractivity contribution in [2.45, 2.75) is 0 Å². The lowest BCUT2D eigenvalue weighted by atomic mass is 10.0. The average Bonchev–Trinajstić information content (AvgIpc) is 2.80. The van der Waals surface area contributed by atoms with Crippen molar-refractivity contribution in [3.63, 3.8) is 0 Å². The highest BCUT2D eigenvalue weighted by Crippen LogP contribution is 2.26. The van der Waals surface area contributed by atoms with E-state index in [1.165, 1.54) is 11.1 Å². The van der Waals surface area contributed by atoms with Gasteiger partial charge in [-0.2, -0.15) is 0 Å². The number of hydrogen-bond acceptors (Lipinski definition) is 3. The summed E-state index contributed by atoms with van der Waals surface area (Å²) in [5, 5.41) is 7.99. The standard InChI is InChI=1S/C15H14N4/c1-19-15(16)14(17-18-19)13-9-7-12(8-10-13)11-5-3-2-4-6-11/h2-10H,16H2,1H3. The molecule has 2 N–H and O–H groups in total. The summed E-state index contributed by atoms with van der Waals surface area (Å²) in [6.07, 6.45) is 0. The van der Waals surface area contributed by atoms with Gasteiger partial charge in [0.15, 0.2) is 0 Å². The number of nitrogen functional groups attached to an aromatic ring is 1. The quantitative estimate of drug-likeness (QED) is 0.760. The lowest BCUT2D eigenvalue weighted by molar-refractivity contribution is 0.723. The molecule has 0 aliphatic heterocycles. The van der Waals surface area contributed by atoms with Gasteiger partial charge >= 0.3 is 0 Å². The topological polar surface area (TPSA) is 56.7 Å². The Morgan fingerprint density at radius 1 is 0.842 bits per heavy atom. The molecule has 2 aromatic carbocycles. The number of anilines is 1. The van der Waals surface area contributed by atoms with Crippen LogP contribution < -0.4 is 5.73 Å². The summed E-state index contributed by atoms with van der Waals surface area (Å²) in [6, 6.07) is 18.4. The predicted octanol–water partition coefficient (Wildman–Crippen LogP) is 2.73. The molecule has 3 rings (SSSR count). The molecule has 4 heteroatoms. The van der Waals surface area contributed by atoms with E-state index in [2.05, 4.69) is 34.6 Å². The van der Waals surface area contributed by atoms with Crippen LogP contribution in [0.2, 0.25) is 0 Å². The molecule has 4 nitrogen and oxygen atoms in total. The third-order valence-corrected chi connectivity index (χ3v) is 3.14. The van der Waals surface area contributed by atoms with Crippen LogP contribution in [0.15, 0.2) is 54.6 Å². The van der Waals surface area contributed by atoms with Gasteiger partial charge in [0.05, 0.1) is 0 Å². The van der Waals surface area contributed by atoms with E-state index in [-0.39, 0.29) is 0 Å². The first-order chi connectivity index (χ1) is 9.25. The average molecular weight is 250 g/mol. The van der Waals surface area contributed by atoms with E-state index in [0.717, 1.165) is 11.3 Å². The third kappa shape index (κ3) is 2.08. The molecule has 0 spiro atoms. The van der Waals surface area contributed by atoms with Crippen molar-refractivity contribution in [2.24, 2.45) is 7.05 Å². The molecular weight excluding hydrogens is 236 g/mol. The van der Waals surface area contributed by atoms with Crippen LogP contribution in [0.3, 0.4) is 0 Å². The highest BCUT2D eigenvalue weighted by atomic mass is 15.4. The third-order valence-electron chi connectivity index (χ3n) is 3.14. The Balaban J connectivity index is 1.98. The highest BCUT2D eigenvalue weighted by Gasteiger charge is 2.09. The molecule has 0 bridgehead atoms. The molecule has 1 aromatic heterocycles. The van der Waals surface area contributed by atoms with Gasteiger partial charge in [-0.1, -0.05) is 59.8 Å². The van der Waals surface area contributed by atoms with Crippen molar-refractivity contribution >= 4 is 5.82 Å². The molecule has 0 aliphatic carbocycles. The highest BCUT2D eigenvalue weighted by molar-refractivity contribution is 5.73. The molecule has 0 atom stereocenters. The molecule has 0 unspecified atom stereocenters. The molecule has 1 heterocycles. The Morgan fingerprint density at radius 3 is 2.00 bits per heavy atom. The Kier molecular flexibility index (Phi) is 2.76. The Labute approximate surface area is 111 Å². The van der Waals surface area contributed by atoms with E-state index in [4.69, 9.17) is 5.73 Å². The second-order valence-corrected chi connectivity index (χ2v) is 4.39. The fourth-order valence-electron chi connectivity index (χ4n) is 2.02. The van der Waals surface area contributed by atoms with Crippen LogP contribution in [0.1, 0.15) is 0 Å². The molecule has 3 aromatic rings. The van der Waals surface area contributed by atoms with E-state index >= 15 is 0 Å². The van der Waals surface area contributed by atoms with Crippen LogP contribution in [-0.2, 0) is 7.05 Å². The van der Waals surface area contributed by atoms with Crippen molar-refractivity contribution in [1.29, 1.82) is 0 Å². The van der Waals surface area contributed by atoms with Crippen molar-refractivity contribution in [2.75, 3.05) is 5.73 Å². The van der Waals surface area contributed by atoms with Crippen molar-refractivity contribution in [3.8, 4) is 22.4 Å². The number of benzene rings is 2. The van der Waals surface area contributed by atoms with Gasteiger partial charge in [0.1, 0.15) is 11.5 Å². The smallest absolute Gasteiger partial charge is 0.150 e. The minimum atomic E-state index is 0.576. The zero-order chi connectivity index (χ0) is 13.2. The van der Waals surface area contributed by atoms with Crippen molar-refractivity contribution in [3.05, 3.63) is 54.6 Å². The maximum Gasteiger partial charge on any atom is 0.150 e. The summed E-state index contributed by atoms with van der Waals surface area (Å²) in [5.74, 6) is 0.576. The summed E-state index contributed by atoms with van der Waals surface area (Å²) in [4.78, 5) is 0.